The van der Waals surface area contributed by atoms with E-state index in [1.54, 1.807) is 0 Å². The summed E-state index contributed by atoms with van der Waals surface area (Å²) in [5.74, 6) is 0. The Morgan fingerprint density at radius 2 is 0.867 bits per heavy atom. The van der Waals surface area contributed by atoms with Crippen LogP contribution in [0.25, 0.3) is 54.9 Å². The molecule has 1 heteroatoms. The topological polar surface area (TPSA) is 3.24 Å². The molecule has 0 aromatic heterocycles. The van der Waals surface area contributed by atoms with Crippen molar-refractivity contribution in [1.82, 2.24) is 0 Å². The van der Waals surface area contributed by atoms with Crippen molar-refractivity contribution in [2.75, 3.05) is 4.90 Å². The first-order valence-electron chi connectivity index (χ1n) is 15.4. The van der Waals surface area contributed by atoms with E-state index in [4.69, 9.17) is 0 Å². The second-order valence-electron chi connectivity index (χ2n) is 11.4. The number of rotatable bonds is 6. The largest absolute Gasteiger partial charge is 0.309 e. The Balaban J connectivity index is 1.33. The molecule has 0 heterocycles. The Bertz CT molecular complexity index is 2280. The Morgan fingerprint density at radius 3 is 1.76 bits per heavy atom. The fourth-order valence-corrected chi connectivity index (χ4v) is 6.41. The molecule has 0 saturated carbocycles. The van der Waals surface area contributed by atoms with Crippen LogP contribution in [0.15, 0.2) is 188 Å². The smallest absolute Gasteiger partial charge is 0.0540 e. The van der Waals surface area contributed by atoms with Gasteiger partial charge in [0.15, 0.2) is 0 Å². The number of nitrogens with zero attached hydrogens (tertiary/aromatic N) is 1. The maximum absolute atomic E-state index is 2.43. The van der Waals surface area contributed by atoms with Crippen molar-refractivity contribution in [2.45, 2.75) is 0 Å². The van der Waals surface area contributed by atoms with Crippen molar-refractivity contribution in [1.29, 1.82) is 0 Å². The van der Waals surface area contributed by atoms with Crippen LogP contribution in [0.2, 0.25) is 0 Å². The number of anilines is 3. The summed E-state index contributed by atoms with van der Waals surface area (Å²) in [6.45, 7) is 0. The van der Waals surface area contributed by atoms with Gasteiger partial charge in [0.1, 0.15) is 0 Å². The summed E-state index contributed by atoms with van der Waals surface area (Å²) >= 11 is 0. The molecule has 0 saturated heterocycles. The van der Waals surface area contributed by atoms with Gasteiger partial charge in [0.25, 0.3) is 0 Å². The third-order valence-electron chi connectivity index (χ3n) is 8.62. The standard InChI is InChI=1S/C44H31N/c1-2-13-32(14-3-1)36-19-10-21-39(30-36)42-24-8-9-25-43(42)45(44-26-12-18-34-16-6-7-23-41(34)44)40-22-11-20-37(31-40)38-28-27-33-15-4-5-17-35(33)29-38/h1-31H. The minimum Gasteiger partial charge on any atom is -0.309 e. The highest BCUT2D eigenvalue weighted by atomic mass is 15.1. The van der Waals surface area contributed by atoms with Gasteiger partial charge in [-0.05, 0) is 80.4 Å². The van der Waals surface area contributed by atoms with E-state index in [9.17, 15) is 0 Å². The number of benzene rings is 8. The molecule has 0 amide bonds. The lowest BCUT2D eigenvalue weighted by molar-refractivity contribution is 1.30. The second kappa shape index (κ2) is 11.6. The Hall–Kier alpha value is -5.92. The lowest BCUT2D eigenvalue weighted by Crippen LogP contribution is -2.12. The van der Waals surface area contributed by atoms with Gasteiger partial charge in [-0.2, -0.15) is 0 Å². The summed E-state index contributed by atoms with van der Waals surface area (Å²) in [5.41, 5.74) is 10.6. The Morgan fingerprint density at radius 1 is 0.289 bits per heavy atom. The number of hydrogen-bond acceptors (Lipinski definition) is 1. The molecule has 0 fully saturated rings. The maximum Gasteiger partial charge on any atom is 0.0540 e. The first-order chi connectivity index (χ1) is 22.3. The van der Waals surface area contributed by atoms with E-state index >= 15 is 0 Å². The molecule has 212 valence electrons. The van der Waals surface area contributed by atoms with Crippen LogP contribution in [-0.2, 0) is 0 Å². The summed E-state index contributed by atoms with van der Waals surface area (Å²) in [6, 6.07) is 67.7. The molecular formula is C44H31N. The minimum absolute atomic E-state index is 1.11. The third-order valence-corrected chi connectivity index (χ3v) is 8.62. The normalized spacial score (nSPS) is 11.1. The molecule has 0 spiro atoms. The van der Waals surface area contributed by atoms with E-state index in [1.165, 1.54) is 54.9 Å². The quantitative estimate of drug-likeness (QED) is 0.191. The third kappa shape index (κ3) is 5.15. The van der Waals surface area contributed by atoms with E-state index in [-0.39, 0.29) is 0 Å². The Labute approximate surface area is 264 Å². The second-order valence-corrected chi connectivity index (χ2v) is 11.4. The maximum atomic E-state index is 2.43. The minimum atomic E-state index is 1.11. The number of fused-ring (bicyclic) bond motifs is 2. The van der Waals surface area contributed by atoms with Gasteiger partial charge < -0.3 is 4.90 Å². The summed E-state index contributed by atoms with van der Waals surface area (Å²) in [5, 5.41) is 4.93. The van der Waals surface area contributed by atoms with Crippen molar-refractivity contribution >= 4 is 38.6 Å². The lowest BCUT2D eigenvalue weighted by Gasteiger charge is -2.29. The molecule has 0 unspecified atom stereocenters. The summed E-state index contributed by atoms with van der Waals surface area (Å²) in [7, 11) is 0. The predicted octanol–water partition coefficient (Wildman–Crippen LogP) is 12.5. The molecule has 0 bridgehead atoms. The molecule has 0 N–H and O–H groups in total. The van der Waals surface area contributed by atoms with Gasteiger partial charge in [-0.15, -0.1) is 0 Å². The molecule has 0 atom stereocenters. The van der Waals surface area contributed by atoms with E-state index in [0.717, 1.165) is 17.1 Å². The van der Waals surface area contributed by atoms with Crippen LogP contribution < -0.4 is 4.90 Å². The molecule has 0 radical (unpaired) electrons. The first-order valence-corrected chi connectivity index (χ1v) is 15.4. The van der Waals surface area contributed by atoms with Crippen LogP contribution >= 0.6 is 0 Å². The van der Waals surface area contributed by atoms with Crippen LogP contribution in [0.3, 0.4) is 0 Å². The predicted molar refractivity (Wildman–Crippen MR) is 192 cm³/mol. The van der Waals surface area contributed by atoms with Crippen molar-refractivity contribution < 1.29 is 0 Å². The van der Waals surface area contributed by atoms with E-state index in [2.05, 4.69) is 193 Å². The molecule has 0 aliphatic rings. The SMILES string of the molecule is c1ccc(-c2cccc(-c3ccccc3N(c3cccc(-c4ccc5ccccc5c4)c3)c3cccc4ccccc34)c2)cc1. The number of para-hydroxylation sites is 1. The summed E-state index contributed by atoms with van der Waals surface area (Å²) in [4.78, 5) is 2.43. The van der Waals surface area contributed by atoms with Gasteiger partial charge in [-0.25, -0.2) is 0 Å². The van der Waals surface area contributed by atoms with Gasteiger partial charge in [0, 0.05) is 16.6 Å². The summed E-state index contributed by atoms with van der Waals surface area (Å²) < 4.78 is 0. The highest BCUT2D eigenvalue weighted by Gasteiger charge is 2.19. The summed E-state index contributed by atoms with van der Waals surface area (Å²) in [6.07, 6.45) is 0. The fourth-order valence-electron chi connectivity index (χ4n) is 6.41. The molecule has 45 heavy (non-hydrogen) atoms. The van der Waals surface area contributed by atoms with Crippen molar-refractivity contribution in [2.24, 2.45) is 0 Å². The van der Waals surface area contributed by atoms with Crippen LogP contribution in [0.4, 0.5) is 17.1 Å². The van der Waals surface area contributed by atoms with E-state index in [1.807, 2.05) is 0 Å². The highest BCUT2D eigenvalue weighted by molar-refractivity contribution is 6.01. The molecule has 8 aromatic rings. The molecule has 0 aliphatic carbocycles. The van der Waals surface area contributed by atoms with E-state index in [0.29, 0.717) is 0 Å². The molecular weight excluding hydrogens is 542 g/mol. The van der Waals surface area contributed by atoms with Crippen molar-refractivity contribution in [3.05, 3.63) is 188 Å². The van der Waals surface area contributed by atoms with Gasteiger partial charge in [0.05, 0.1) is 11.4 Å². The zero-order chi connectivity index (χ0) is 30.0. The van der Waals surface area contributed by atoms with Gasteiger partial charge in [0.2, 0.25) is 0 Å². The zero-order valence-corrected chi connectivity index (χ0v) is 24.8. The highest BCUT2D eigenvalue weighted by Crippen LogP contribution is 2.44. The van der Waals surface area contributed by atoms with Gasteiger partial charge in [-0.3, -0.25) is 0 Å². The lowest BCUT2D eigenvalue weighted by atomic mass is 9.96. The van der Waals surface area contributed by atoms with Crippen molar-refractivity contribution in [3.8, 4) is 33.4 Å². The number of hydrogen-bond donors (Lipinski definition) is 0. The van der Waals surface area contributed by atoms with Crippen LogP contribution in [0, 0.1) is 0 Å². The fraction of sp³-hybridized carbons (Fsp3) is 0. The molecule has 1 nitrogen and oxygen atoms in total. The van der Waals surface area contributed by atoms with Gasteiger partial charge >= 0.3 is 0 Å². The zero-order valence-electron chi connectivity index (χ0n) is 24.8. The van der Waals surface area contributed by atoms with Gasteiger partial charge in [-0.1, -0.05) is 152 Å². The molecule has 0 aliphatic heterocycles. The average Bonchev–Trinajstić information content (AvgIpc) is 3.12. The van der Waals surface area contributed by atoms with E-state index < -0.39 is 0 Å². The molecule has 8 rings (SSSR count). The monoisotopic (exact) mass is 573 g/mol. The first kappa shape index (κ1) is 26.7. The van der Waals surface area contributed by atoms with Crippen molar-refractivity contribution in [3.63, 3.8) is 0 Å². The Kier molecular flexibility index (Phi) is 6.90. The van der Waals surface area contributed by atoms with Crippen LogP contribution in [-0.4, -0.2) is 0 Å². The average molecular weight is 574 g/mol. The van der Waals surface area contributed by atoms with Crippen LogP contribution in [0.1, 0.15) is 0 Å². The molecule has 8 aromatic carbocycles. The van der Waals surface area contributed by atoms with Crippen LogP contribution in [0.5, 0.6) is 0 Å².